The Bertz CT molecular complexity index is 902. The van der Waals surface area contributed by atoms with Crippen molar-refractivity contribution in [2.75, 3.05) is 27.7 Å². The van der Waals surface area contributed by atoms with Crippen molar-refractivity contribution in [2.45, 2.75) is 63.6 Å². The van der Waals surface area contributed by atoms with Crippen LogP contribution >= 0.6 is 7.60 Å². The fraction of sp³-hybridized carbons (Fsp3) is 0.778. The molecule has 0 aromatic carbocycles. The summed E-state index contributed by atoms with van der Waals surface area (Å²) in [6.07, 6.45) is -2.52. The van der Waals surface area contributed by atoms with Gasteiger partial charge in [0, 0.05) is 33.6 Å². The van der Waals surface area contributed by atoms with Crippen molar-refractivity contribution in [3.05, 3.63) is 33.1 Å². The van der Waals surface area contributed by atoms with Crippen molar-refractivity contribution in [3.8, 4) is 0 Å². The van der Waals surface area contributed by atoms with E-state index < -0.39 is 51.9 Å². The average molecular weight is 481 g/mol. The van der Waals surface area contributed by atoms with Crippen LogP contribution in [-0.2, 0) is 32.2 Å². The lowest BCUT2D eigenvalue weighted by molar-refractivity contribution is -0.167. The van der Waals surface area contributed by atoms with Crippen LogP contribution in [0.15, 0.2) is 21.9 Å². The Kier molecular flexibility index (Phi) is 8.26. The van der Waals surface area contributed by atoms with Gasteiger partial charge in [-0.25, -0.2) is 4.79 Å². The van der Waals surface area contributed by atoms with E-state index in [4.69, 9.17) is 27.7 Å². The van der Waals surface area contributed by atoms with Crippen LogP contribution in [0.4, 0.5) is 0 Å². The number of ether oxygens (including phenoxy) is 3. The summed E-state index contributed by atoms with van der Waals surface area (Å²) in [6, 6.07) is 1.21. The summed E-state index contributed by atoms with van der Waals surface area (Å²) in [5, 5.41) is -0.128. The Labute approximate surface area is 182 Å². The number of rotatable bonds is 9. The summed E-state index contributed by atoms with van der Waals surface area (Å²) >= 11 is 0. The second kappa shape index (κ2) is 9.80. The van der Waals surface area contributed by atoms with Gasteiger partial charge in [0.05, 0.1) is 0 Å². The Morgan fingerprint density at radius 1 is 1.16 bits per heavy atom. The lowest BCUT2D eigenvalue weighted by atomic mass is 10.2. The monoisotopic (exact) mass is 480 g/mol. The predicted octanol–water partition coefficient (Wildman–Crippen LogP) is 2.26. The van der Waals surface area contributed by atoms with Gasteiger partial charge in [0.15, 0.2) is 27.2 Å². The molecule has 0 spiro atoms. The van der Waals surface area contributed by atoms with Crippen LogP contribution in [0, 0.1) is 0 Å². The summed E-state index contributed by atoms with van der Waals surface area (Å²) < 4.78 is 47.5. The van der Waals surface area contributed by atoms with E-state index in [2.05, 4.69) is 38.8 Å². The van der Waals surface area contributed by atoms with Crippen LogP contribution in [0.25, 0.3) is 0 Å². The van der Waals surface area contributed by atoms with Crippen molar-refractivity contribution in [2.24, 2.45) is 0 Å². The molecule has 11 nitrogen and oxygen atoms in total. The zero-order valence-corrected chi connectivity index (χ0v) is 21.1. The first kappa shape index (κ1) is 26.1. The fourth-order valence-electron chi connectivity index (χ4n) is 2.83. The highest BCUT2D eigenvalue weighted by Crippen LogP contribution is 2.48. The molecule has 1 aliphatic rings. The Morgan fingerprint density at radius 2 is 1.77 bits per heavy atom. The standard InChI is InChI=1S/C18H33N2O9PSi/c1-18(2,3)31(7,8)29-14-13(24-4)15(20-10-9-12(21)19-17(20)22)28-16(14)27-11-30(23,25-5)26-6/h9-10,13-16H,11H2,1-8H3,(H,19,21,22)/t13?,14?,15-,16+/m1/s1. The zero-order chi connectivity index (χ0) is 23.6. The lowest BCUT2D eigenvalue weighted by Crippen LogP contribution is -2.50. The summed E-state index contributed by atoms with van der Waals surface area (Å²) in [6.45, 7) is 10.4. The first-order chi connectivity index (χ1) is 14.3. The molecule has 1 fully saturated rings. The van der Waals surface area contributed by atoms with E-state index in [0.29, 0.717) is 0 Å². The quantitative estimate of drug-likeness (QED) is 0.418. The van der Waals surface area contributed by atoms with Gasteiger partial charge in [0.1, 0.15) is 12.2 Å². The van der Waals surface area contributed by atoms with Crippen LogP contribution in [0.2, 0.25) is 18.1 Å². The van der Waals surface area contributed by atoms with Gasteiger partial charge in [0.2, 0.25) is 0 Å². The van der Waals surface area contributed by atoms with Gasteiger partial charge in [-0.2, -0.15) is 0 Å². The third kappa shape index (κ3) is 5.82. The fourth-order valence-corrected chi connectivity index (χ4v) is 4.80. The van der Waals surface area contributed by atoms with Crippen molar-refractivity contribution >= 4 is 15.9 Å². The first-order valence-electron chi connectivity index (χ1n) is 9.78. The number of nitrogens with one attached hydrogen (secondary N) is 1. The summed E-state index contributed by atoms with van der Waals surface area (Å²) in [5.41, 5.74) is -1.19. The molecule has 0 bridgehead atoms. The number of aromatic amines is 1. The highest BCUT2D eigenvalue weighted by molar-refractivity contribution is 7.53. The zero-order valence-electron chi connectivity index (χ0n) is 19.2. The second-order valence-corrected chi connectivity index (χ2v) is 15.7. The SMILES string of the molecule is COC1C(O[Si](C)(C)C(C)(C)C)[C@@H](OCP(=O)(OC)OC)O[C@H]1n1ccc(=O)[nH]c1=O. The molecule has 0 amide bonds. The number of nitrogens with zero attached hydrogens (tertiary/aromatic N) is 1. The number of methoxy groups -OCH3 is 1. The van der Waals surface area contributed by atoms with Crippen LogP contribution in [0.1, 0.15) is 27.0 Å². The minimum absolute atomic E-state index is 0.128. The van der Waals surface area contributed by atoms with Crippen molar-refractivity contribution in [3.63, 3.8) is 0 Å². The maximum absolute atomic E-state index is 12.5. The Balaban J connectivity index is 2.42. The van der Waals surface area contributed by atoms with Gasteiger partial charge in [-0.3, -0.25) is 18.9 Å². The van der Waals surface area contributed by atoms with E-state index in [1.165, 1.54) is 38.2 Å². The van der Waals surface area contributed by atoms with E-state index in [-0.39, 0.29) is 11.4 Å². The molecule has 1 aromatic heterocycles. The molecule has 0 saturated carbocycles. The van der Waals surface area contributed by atoms with Gasteiger partial charge in [0.25, 0.3) is 5.56 Å². The molecule has 0 radical (unpaired) electrons. The van der Waals surface area contributed by atoms with Gasteiger partial charge >= 0.3 is 13.3 Å². The van der Waals surface area contributed by atoms with E-state index in [1.54, 1.807) is 0 Å². The molecular formula is C18H33N2O9PSi. The normalized spacial score (nSPS) is 25.2. The number of aromatic nitrogens is 2. The van der Waals surface area contributed by atoms with Crippen LogP contribution in [0.3, 0.4) is 0 Å². The molecule has 4 atom stereocenters. The van der Waals surface area contributed by atoms with Crippen molar-refractivity contribution < 1.29 is 32.2 Å². The van der Waals surface area contributed by atoms with E-state index in [1.807, 2.05) is 0 Å². The molecule has 178 valence electrons. The average Bonchev–Trinajstić information content (AvgIpc) is 3.01. The van der Waals surface area contributed by atoms with E-state index >= 15 is 0 Å². The largest absolute Gasteiger partial charge is 0.406 e. The smallest absolute Gasteiger partial charge is 0.355 e. The summed E-state index contributed by atoms with van der Waals surface area (Å²) in [4.78, 5) is 26.0. The maximum Gasteiger partial charge on any atom is 0.355 e. The first-order valence-corrected chi connectivity index (χ1v) is 14.4. The molecule has 13 heteroatoms. The predicted molar refractivity (Wildman–Crippen MR) is 116 cm³/mol. The number of hydrogen-bond donors (Lipinski definition) is 1. The third-order valence-corrected chi connectivity index (χ3v) is 11.8. The minimum atomic E-state index is -3.48. The topological polar surface area (TPSA) is 127 Å². The summed E-state index contributed by atoms with van der Waals surface area (Å²) in [7, 11) is -1.83. The molecule has 31 heavy (non-hydrogen) atoms. The minimum Gasteiger partial charge on any atom is -0.406 e. The molecule has 0 aliphatic carbocycles. The Hall–Kier alpha value is -1.11. The van der Waals surface area contributed by atoms with E-state index in [0.717, 1.165) is 0 Å². The molecule has 2 unspecified atom stereocenters. The van der Waals surface area contributed by atoms with Crippen molar-refractivity contribution in [1.82, 2.24) is 9.55 Å². The molecule has 1 aromatic rings. The lowest BCUT2D eigenvalue weighted by Gasteiger charge is -2.40. The van der Waals surface area contributed by atoms with Gasteiger partial charge in [-0.05, 0) is 18.1 Å². The highest BCUT2D eigenvalue weighted by Gasteiger charge is 2.52. The summed E-state index contributed by atoms with van der Waals surface area (Å²) in [5.74, 6) is 0. The molecule has 1 N–H and O–H groups in total. The maximum atomic E-state index is 12.5. The van der Waals surface area contributed by atoms with Crippen LogP contribution in [-0.4, -0.2) is 64.0 Å². The van der Waals surface area contributed by atoms with Gasteiger partial charge < -0.3 is 27.7 Å². The molecule has 2 rings (SSSR count). The number of H-pyrrole nitrogens is 1. The molecule has 1 aliphatic heterocycles. The van der Waals surface area contributed by atoms with Crippen LogP contribution < -0.4 is 11.2 Å². The second-order valence-electron chi connectivity index (χ2n) is 8.73. The molecule has 1 saturated heterocycles. The van der Waals surface area contributed by atoms with Gasteiger partial charge in [-0.1, -0.05) is 20.8 Å². The van der Waals surface area contributed by atoms with Crippen LogP contribution in [0.5, 0.6) is 0 Å². The molecular weight excluding hydrogens is 447 g/mol. The number of hydrogen-bond acceptors (Lipinski definition) is 9. The Morgan fingerprint density at radius 3 is 2.26 bits per heavy atom. The van der Waals surface area contributed by atoms with Gasteiger partial charge in [-0.15, -0.1) is 0 Å². The third-order valence-electron chi connectivity index (χ3n) is 5.73. The van der Waals surface area contributed by atoms with E-state index in [9.17, 15) is 14.2 Å². The van der Waals surface area contributed by atoms with Crippen molar-refractivity contribution in [1.29, 1.82) is 0 Å². The highest BCUT2D eigenvalue weighted by atomic mass is 31.2. The molecule has 2 heterocycles.